The number of sulfone groups is 1. The summed E-state index contributed by atoms with van der Waals surface area (Å²) in [6.45, 7) is 1.82. The monoisotopic (exact) mass is 345 g/mol. The minimum absolute atomic E-state index is 0.0796. The molecule has 0 spiro atoms. The van der Waals surface area contributed by atoms with Crippen LogP contribution in [-0.2, 0) is 9.84 Å². The third kappa shape index (κ3) is 3.54. The number of anilines is 1. The maximum Gasteiger partial charge on any atom is 0.341 e. The van der Waals surface area contributed by atoms with Crippen LogP contribution < -0.4 is 5.32 Å². The highest BCUT2D eigenvalue weighted by Gasteiger charge is 2.32. The molecule has 0 radical (unpaired) electrons. The van der Waals surface area contributed by atoms with E-state index in [-0.39, 0.29) is 17.4 Å². The van der Waals surface area contributed by atoms with Crippen LogP contribution in [-0.4, -0.2) is 31.5 Å². The first kappa shape index (κ1) is 17.5. The molecule has 0 atom stereocenters. The van der Waals surface area contributed by atoms with Crippen molar-refractivity contribution in [3.63, 3.8) is 0 Å². The Morgan fingerprint density at radius 1 is 1.25 bits per heavy atom. The van der Waals surface area contributed by atoms with Gasteiger partial charge in [0.25, 0.3) is 0 Å². The number of hydrogen-bond donors (Lipinski definition) is 1. The van der Waals surface area contributed by atoms with Crippen LogP contribution in [0.3, 0.4) is 0 Å². The molecule has 0 saturated heterocycles. The molecule has 1 aromatic carbocycles. The number of hydrogen-bond acceptors (Lipinski definition) is 3. The average Bonchev–Trinajstić information content (AvgIpc) is 2.45. The first-order chi connectivity index (χ1) is 9.33. The second-order valence-electron chi connectivity index (χ2n) is 4.33. The molecule has 20 heavy (non-hydrogen) atoms. The van der Waals surface area contributed by atoms with Crippen molar-refractivity contribution < 1.29 is 17.2 Å². The molecule has 0 fully saturated rings. The summed E-state index contributed by atoms with van der Waals surface area (Å²) in [6.07, 6.45) is 0.517. The standard InChI is InChI=1S/C12H15Cl2F2NO2S/c1-2-12(7-13,8-14)17-9-5-3-4-6-10(9)20(18,19)11(15)16/h3-6,11,17H,2,7-8H2,1H3. The van der Waals surface area contributed by atoms with Crippen molar-refractivity contribution in [1.29, 1.82) is 0 Å². The minimum Gasteiger partial charge on any atom is -0.376 e. The van der Waals surface area contributed by atoms with Crippen LogP contribution in [0.15, 0.2) is 29.2 Å². The summed E-state index contributed by atoms with van der Waals surface area (Å²) < 4.78 is 48.7. The molecule has 0 bridgehead atoms. The number of benzene rings is 1. The van der Waals surface area contributed by atoms with Crippen molar-refractivity contribution in [3.05, 3.63) is 24.3 Å². The Morgan fingerprint density at radius 3 is 2.25 bits per heavy atom. The van der Waals surface area contributed by atoms with Gasteiger partial charge in [-0.15, -0.1) is 23.2 Å². The summed E-state index contributed by atoms with van der Waals surface area (Å²) in [5.74, 6) is -3.24. The second-order valence-corrected chi connectivity index (χ2v) is 6.75. The van der Waals surface area contributed by atoms with E-state index in [0.29, 0.717) is 6.42 Å². The predicted octanol–water partition coefficient (Wildman–Crippen LogP) is 3.72. The molecule has 1 rings (SSSR count). The fraction of sp³-hybridized carbons (Fsp3) is 0.500. The SMILES string of the molecule is CCC(CCl)(CCl)Nc1ccccc1S(=O)(=O)C(F)F. The van der Waals surface area contributed by atoms with E-state index in [2.05, 4.69) is 5.32 Å². The average molecular weight is 346 g/mol. The normalized spacial score (nSPS) is 12.7. The Balaban J connectivity index is 3.28. The van der Waals surface area contributed by atoms with E-state index >= 15 is 0 Å². The van der Waals surface area contributed by atoms with Gasteiger partial charge >= 0.3 is 5.76 Å². The van der Waals surface area contributed by atoms with Gasteiger partial charge in [0.15, 0.2) is 0 Å². The van der Waals surface area contributed by atoms with Crippen molar-refractivity contribution in [1.82, 2.24) is 0 Å². The fourth-order valence-corrected chi connectivity index (χ4v) is 3.26. The molecule has 0 saturated carbocycles. The summed E-state index contributed by atoms with van der Waals surface area (Å²) in [7, 11) is -4.69. The Hall–Kier alpha value is -0.590. The van der Waals surface area contributed by atoms with Gasteiger partial charge in [0.05, 0.1) is 16.1 Å². The number of rotatable bonds is 7. The van der Waals surface area contributed by atoms with E-state index in [9.17, 15) is 17.2 Å². The second kappa shape index (κ2) is 6.91. The quantitative estimate of drug-likeness (QED) is 0.766. The Bertz CT molecular complexity index is 540. The van der Waals surface area contributed by atoms with Gasteiger partial charge in [-0.1, -0.05) is 19.1 Å². The van der Waals surface area contributed by atoms with Crippen LogP contribution in [0.2, 0.25) is 0 Å². The Labute approximate surface area is 127 Å². The van der Waals surface area contributed by atoms with E-state index in [4.69, 9.17) is 23.2 Å². The first-order valence-electron chi connectivity index (χ1n) is 5.84. The van der Waals surface area contributed by atoms with E-state index in [1.54, 1.807) is 6.07 Å². The molecule has 0 amide bonds. The van der Waals surface area contributed by atoms with Gasteiger partial charge in [0.2, 0.25) is 9.84 Å². The number of nitrogens with one attached hydrogen (secondary N) is 1. The molecule has 8 heteroatoms. The van der Waals surface area contributed by atoms with E-state index in [1.807, 2.05) is 6.92 Å². The molecular formula is C12H15Cl2F2NO2S. The molecule has 0 heterocycles. The van der Waals surface area contributed by atoms with Gasteiger partial charge in [-0.3, -0.25) is 0 Å². The summed E-state index contributed by atoms with van der Waals surface area (Å²) in [6, 6.07) is 5.48. The smallest absolute Gasteiger partial charge is 0.341 e. The molecule has 0 unspecified atom stereocenters. The summed E-state index contributed by atoms with van der Waals surface area (Å²) >= 11 is 11.7. The summed E-state index contributed by atoms with van der Waals surface area (Å²) in [4.78, 5) is -0.456. The van der Waals surface area contributed by atoms with Crippen molar-refractivity contribution in [2.45, 2.75) is 29.5 Å². The molecule has 1 N–H and O–H groups in total. The maximum absolute atomic E-state index is 12.7. The molecule has 0 aromatic heterocycles. The van der Waals surface area contributed by atoms with E-state index in [0.717, 1.165) is 6.07 Å². The molecule has 0 aliphatic heterocycles. The molecule has 0 aliphatic carbocycles. The maximum atomic E-state index is 12.7. The van der Waals surface area contributed by atoms with Crippen LogP contribution >= 0.6 is 23.2 Å². The van der Waals surface area contributed by atoms with E-state index < -0.39 is 26.0 Å². The zero-order valence-corrected chi connectivity index (χ0v) is 13.1. The topological polar surface area (TPSA) is 46.2 Å². The summed E-state index contributed by atoms with van der Waals surface area (Å²) in [5, 5.41) is 2.89. The molecule has 0 aliphatic rings. The largest absolute Gasteiger partial charge is 0.376 e. The number of para-hydroxylation sites is 1. The molecule has 1 aromatic rings. The Kier molecular flexibility index (Phi) is 6.04. The third-order valence-corrected chi connectivity index (χ3v) is 5.48. The highest BCUT2D eigenvalue weighted by atomic mass is 35.5. The van der Waals surface area contributed by atoms with E-state index in [1.165, 1.54) is 12.1 Å². The van der Waals surface area contributed by atoms with Gasteiger partial charge in [-0.2, -0.15) is 8.78 Å². The van der Waals surface area contributed by atoms with Crippen LogP contribution in [0.1, 0.15) is 13.3 Å². The fourth-order valence-electron chi connectivity index (χ4n) is 1.58. The van der Waals surface area contributed by atoms with Crippen LogP contribution in [0.5, 0.6) is 0 Å². The highest BCUT2D eigenvalue weighted by molar-refractivity contribution is 7.91. The predicted molar refractivity (Wildman–Crippen MR) is 77.7 cm³/mol. The van der Waals surface area contributed by atoms with Gasteiger partial charge in [-0.25, -0.2) is 8.42 Å². The molecule has 3 nitrogen and oxygen atoms in total. The van der Waals surface area contributed by atoms with Crippen LogP contribution in [0, 0.1) is 0 Å². The lowest BCUT2D eigenvalue weighted by Crippen LogP contribution is -2.42. The van der Waals surface area contributed by atoms with Crippen LogP contribution in [0.25, 0.3) is 0 Å². The summed E-state index contributed by atoms with van der Waals surface area (Å²) in [5.41, 5.74) is -0.674. The first-order valence-corrected chi connectivity index (χ1v) is 8.45. The molecule has 114 valence electrons. The lowest BCUT2D eigenvalue weighted by Gasteiger charge is -2.31. The van der Waals surface area contributed by atoms with Crippen LogP contribution in [0.4, 0.5) is 14.5 Å². The van der Waals surface area contributed by atoms with Gasteiger partial charge in [0, 0.05) is 11.8 Å². The lowest BCUT2D eigenvalue weighted by atomic mass is 10.0. The van der Waals surface area contributed by atoms with Crippen molar-refractivity contribution in [2.24, 2.45) is 0 Å². The van der Waals surface area contributed by atoms with Gasteiger partial charge < -0.3 is 5.32 Å². The third-order valence-electron chi connectivity index (χ3n) is 3.02. The number of halogens is 4. The number of alkyl halides is 4. The Morgan fingerprint density at radius 2 is 1.80 bits per heavy atom. The van der Waals surface area contributed by atoms with Gasteiger partial charge in [0.1, 0.15) is 0 Å². The minimum atomic E-state index is -4.69. The highest BCUT2D eigenvalue weighted by Crippen LogP contribution is 2.30. The van der Waals surface area contributed by atoms with Crippen molar-refractivity contribution in [3.8, 4) is 0 Å². The van der Waals surface area contributed by atoms with Gasteiger partial charge in [-0.05, 0) is 18.6 Å². The lowest BCUT2D eigenvalue weighted by molar-refractivity contribution is 0.235. The zero-order valence-electron chi connectivity index (χ0n) is 10.7. The van der Waals surface area contributed by atoms with Crippen molar-refractivity contribution >= 4 is 38.7 Å². The molecular weight excluding hydrogens is 331 g/mol. The zero-order chi connectivity index (χ0) is 15.4. The van der Waals surface area contributed by atoms with Crippen molar-refractivity contribution in [2.75, 3.05) is 17.1 Å².